The number of aryl methyl sites for hydroxylation is 1. The summed E-state index contributed by atoms with van der Waals surface area (Å²) in [4.78, 5) is 5.75. The molecule has 5 heteroatoms. The van der Waals surface area contributed by atoms with Gasteiger partial charge in [-0.1, -0.05) is 30.3 Å². The Kier molecular flexibility index (Phi) is 4.19. The molecular formula is C19H18N2O2S. The summed E-state index contributed by atoms with van der Waals surface area (Å²) in [6.07, 6.45) is 1.96. The molecule has 0 radical (unpaired) electrons. The summed E-state index contributed by atoms with van der Waals surface area (Å²) in [5.74, 6) is 1.65. The van der Waals surface area contributed by atoms with Crippen LogP contribution in [0.2, 0.25) is 0 Å². The average molecular weight is 338 g/mol. The summed E-state index contributed by atoms with van der Waals surface area (Å²) < 4.78 is 10.7. The van der Waals surface area contributed by atoms with Gasteiger partial charge in [0.1, 0.15) is 5.01 Å². The fraction of sp³-hybridized carbons (Fsp3) is 0.211. The predicted molar refractivity (Wildman–Crippen MR) is 95.4 cm³/mol. The summed E-state index contributed by atoms with van der Waals surface area (Å²) in [7, 11) is 0. The second-order valence-electron chi connectivity index (χ2n) is 5.72. The molecule has 1 N–H and O–H groups in total. The normalized spacial score (nSPS) is 12.5. The molecule has 0 fully saturated rings. The second kappa shape index (κ2) is 6.63. The van der Waals surface area contributed by atoms with E-state index in [9.17, 15) is 0 Å². The van der Waals surface area contributed by atoms with Crippen molar-refractivity contribution in [2.24, 2.45) is 0 Å². The molecule has 1 aromatic heterocycles. The quantitative estimate of drug-likeness (QED) is 0.759. The zero-order chi connectivity index (χ0) is 16.4. The first-order valence-corrected chi connectivity index (χ1v) is 8.71. The molecule has 0 aliphatic carbocycles. The summed E-state index contributed by atoms with van der Waals surface area (Å²) in [6.45, 7) is 3.97. The third kappa shape index (κ3) is 3.13. The highest BCUT2D eigenvalue weighted by Crippen LogP contribution is 2.32. The zero-order valence-corrected chi connectivity index (χ0v) is 14.2. The van der Waals surface area contributed by atoms with E-state index in [0.29, 0.717) is 6.79 Å². The van der Waals surface area contributed by atoms with E-state index in [1.165, 1.54) is 21.6 Å². The summed E-state index contributed by atoms with van der Waals surface area (Å²) in [5.41, 5.74) is 3.72. The minimum absolute atomic E-state index is 0.313. The first-order valence-electron chi connectivity index (χ1n) is 7.89. The highest BCUT2D eigenvalue weighted by Gasteiger charge is 2.13. The average Bonchev–Trinajstić information content (AvgIpc) is 3.24. The van der Waals surface area contributed by atoms with Crippen LogP contribution in [0.1, 0.15) is 16.1 Å². The van der Waals surface area contributed by atoms with Gasteiger partial charge in [0.05, 0.1) is 4.88 Å². The second-order valence-corrected chi connectivity index (χ2v) is 6.84. The highest BCUT2D eigenvalue weighted by atomic mass is 32.1. The van der Waals surface area contributed by atoms with Crippen molar-refractivity contribution in [3.05, 3.63) is 64.8 Å². The van der Waals surface area contributed by atoms with Crippen LogP contribution in [-0.2, 0) is 13.1 Å². The number of ether oxygens (including phenoxy) is 2. The summed E-state index contributed by atoms with van der Waals surface area (Å²) in [5, 5.41) is 4.53. The van der Waals surface area contributed by atoms with Gasteiger partial charge in [0.15, 0.2) is 11.5 Å². The molecule has 1 aliphatic heterocycles. The lowest BCUT2D eigenvalue weighted by molar-refractivity contribution is 0.174. The standard InChI is InChI=1S/C19H18N2O2S/c1-13-4-2-3-5-15(13)18-10-21-19(24-18)11-20-9-14-6-7-16-17(8-14)23-12-22-16/h2-8,10,20H,9,11-12H2,1H3. The third-order valence-corrected chi connectivity index (χ3v) is 5.04. The van der Waals surface area contributed by atoms with Crippen molar-refractivity contribution in [2.45, 2.75) is 20.0 Å². The summed E-state index contributed by atoms with van der Waals surface area (Å²) >= 11 is 1.74. The van der Waals surface area contributed by atoms with E-state index in [1.54, 1.807) is 11.3 Å². The van der Waals surface area contributed by atoms with Crippen LogP contribution in [0.4, 0.5) is 0 Å². The van der Waals surface area contributed by atoms with Crippen LogP contribution < -0.4 is 14.8 Å². The van der Waals surface area contributed by atoms with Crippen molar-refractivity contribution in [3.63, 3.8) is 0 Å². The van der Waals surface area contributed by atoms with Gasteiger partial charge < -0.3 is 14.8 Å². The van der Waals surface area contributed by atoms with E-state index in [4.69, 9.17) is 9.47 Å². The Morgan fingerprint density at radius 1 is 1.08 bits per heavy atom. The van der Waals surface area contributed by atoms with Crippen LogP contribution in [-0.4, -0.2) is 11.8 Å². The topological polar surface area (TPSA) is 43.4 Å². The molecule has 0 spiro atoms. The first-order chi connectivity index (χ1) is 11.8. The highest BCUT2D eigenvalue weighted by molar-refractivity contribution is 7.15. The maximum Gasteiger partial charge on any atom is 0.231 e. The van der Waals surface area contributed by atoms with E-state index in [2.05, 4.69) is 47.6 Å². The molecule has 0 bridgehead atoms. The Bertz CT molecular complexity index is 860. The Morgan fingerprint density at radius 3 is 2.88 bits per heavy atom. The van der Waals surface area contributed by atoms with Crippen molar-refractivity contribution in [1.82, 2.24) is 10.3 Å². The number of fused-ring (bicyclic) bond motifs is 1. The molecule has 2 heterocycles. The van der Waals surface area contributed by atoms with Crippen LogP contribution in [0, 0.1) is 6.92 Å². The Hall–Kier alpha value is -2.37. The number of hydrogen-bond acceptors (Lipinski definition) is 5. The van der Waals surface area contributed by atoms with E-state index >= 15 is 0 Å². The van der Waals surface area contributed by atoms with E-state index in [0.717, 1.165) is 29.6 Å². The minimum Gasteiger partial charge on any atom is -0.454 e. The zero-order valence-electron chi connectivity index (χ0n) is 13.4. The van der Waals surface area contributed by atoms with E-state index in [-0.39, 0.29) is 0 Å². The Balaban J connectivity index is 1.38. The van der Waals surface area contributed by atoms with Crippen LogP contribution >= 0.6 is 11.3 Å². The smallest absolute Gasteiger partial charge is 0.231 e. The lowest BCUT2D eigenvalue weighted by Gasteiger charge is -2.04. The maximum absolute atomic E-state index is 5.41. The predicted octanol–water partition coefficient (Wildman–Crippen LogP) is 4.14. The van der Waals surface area contributed by atoms with Crippen molar-refractivity contribution in [1.29, 1.82) is 0 Å². The molecule has 24 heavy (non-hydrogen) atoms. The monoisotopic (exact) mass is 338 g/mol. The lowest BCUT2D eigenvalue weighted by atomic mass is 10.1. The third-order valence-electron chi connectivity index (χ3n) is 4.01. The maximum atomic E-state index is 5.41. The fourth-order valence-corrected chi connectivity index (χ4v) is 3.71. The van der Waals surface area contributed by atoms with E-state index < -0.39 is 0 Å². The number of benzene rings is 2. The first kappa shape index (κ1) is 15.2. The van der Waals surface area contributed by atoms with Gasteiger partial charge in [0.2, 0.25) is 6.79 Å². The largest absolute Gasteiger partial charge is 0.454 e. The van der Waals surface area contributed by atoms with E-state index in [1.807, 2.05) is 18.3 Å². The van der Waals surface area contributed by atoms with Crippen molar-refractivity contribution in [3.8, 4) is 21.9 Å². The number of hydrogen-bond donors (Lipinski definition) is 1. The molecule has 2 aromatic carbocycles. The lowest BCUT2D eigenvalue weighted by Crippen LogP contribution is -2.12. The van der Waals surface area contributed by atoms with Gasteiger partial charge in [0.25, 0.3) is 0 Å². The Labute approximate surface area is 145 Å². The van der Waals surface area contributed by atoms with Gasteiger partial charge >= 0.3 is 0 Å². The molecular weight excluding hydrogens is 320 g/mol. The number of thiazole rings is 1. The number of rotatable bonds is 5. The number of aromatic nitrogens is 1. The number of nitrogens with one attached hydrogen (secondary N) is 1. The molecule has 3 aromatic rings. The van der Waals surface area contributed by atoms with Crippen molar-refractivity contribution >= 4 is 11.3 Å². The van der Waals surface area contributed by atoms with Crippen LogP contribution in [0.15, 0.2) is 48.7 Å². The van der Waals surface area contributed by atoms with Gasteiger partial charge in [-0.2, -0.15) is 0 Å². The molecule has 0 saturated heterocycles. The molecule has 122 valence electrons. The molecule has 0 unspecified atom stereocenters. The number of nitrogens with zero attached hydrogens (tertiary/aromatic N) is 1. The van der Waals surface area contributed by atoms with Crippen LogP contribution in [0.25, 0.3) is 10.4 Å². The molecule has 0 amide bonds. The van der Waals surface area contributed by atoms with Crippen LogP contribution in [0.5, 0.6) is 11.5 Å². The van der Waals surface area contributed by atoms with Crippen LogP contribution in [0.3, 0.4) is 0 Å². The molecule has 1 aliphatic rings. The van der Waals surface area contributed by atoms with Gasteiger partial charge in [-0.15, -0.1) is 11.3 Å². The molecule has 0 saturated carbocycles. The molecule has 4 rings (SSSR count). The SMILES string of the molecule is Cc1ccccc1-c1cnc(CNCc2ccc3c(c2)OCO3)s1. The van der Waals surface area contributed by atoms with Crippen molar-refractivity contribution in [2.75, 3.05) is 6.79 Å². The molecule has 0 atom stereocenters. The Morgan fingerprint density at radius 2 is 1.96 bits per heavy atom. The van der Waals surface area contributed by atoms with Gasteiger partial charge in [-0.3, -0.25) is 0 Å². The molecule has 4 nitrogen and oxygen atoms in total. The van der Waals surface area contributed by atoms with Gasteiger partial charge in [0, 0.05) is 19.3 Å². The summed E-state index contributed by atoms with van der Waals surface area (Å²) in [6, 6.07) is 14.4. The van der Waals surface area contributed by atoms with Gasteiger partial charge in [-0.25, -0.2) is 4.98 Å². The fourth-order valence-electron chi connectivity index (χ4n) is 2.73. The minimum atomic E-state index is 0.313. The van der Waals surface area contributed by atoms with Crippen molar-refractivity contribution < 1.29 is 9.47 Å². The van der Waals surface area contributed by atoms with Gasteiger partial charge in [-0.05, 0) is 35.7 Å².